The molecule has 1 N–H and O–H groups in total. The van der Waals surface area contributed by atoms with Gasteiger partial charge in [0.1, 0.15) is 6.04 Å². The molecule has 3 amide bonds. The lowest BCUT2D eigenvalue weighted by Gasteiger charge is -2.39. The molecule has 9 nitrogen and oxygen atoms in total. The number of carbonyl (C=O) groups excluding carboxylic acids is 5. The van der Waals surface area contributed by atoms with E-state index < -0.39 is 17.9 Å². The van der Waals surface area contributed by atoms with Crippen LogP contribution in [-0.4, -0.2) is 78.6 Å². The molecular formula is C24H31N3O6. The summed E-state index contributed by atoms with van der Waals surface area (Å²) < 4.78 is 4.70. The van der Waals surface area contributed by atoms with Crippen LogP contribution in [0, 0.1) is 5.41 Å². The Morgan fingerprint density at radius 2 is 1.48 bits per heavy atom. The molecule has 178 valence electrons. The normalized spacial score (nSPS) is 18.0. The number of carbonyl (C=O) groups is 5. The fraction of sp³-hybridized carbons (Fsp3) is 0.542. The summed E-state index contributed by atoms with van der Waals surface area (Å²) in [5.74, 6) is -1.33. The van der Waals surface area contributed by atoms with E-state index in [1.165, 1.54) is 21.0 Å². The Hall–Kier alpha value is -3.23. The van der Waals surface area contributed by atoms with E-state index in [1.807, 2.05) is 4.90 Å². The number of esters is 1. The first kappa shape index (κ1) is 24.4. The summed E-state index contributed by atoms with van der Waals surface area (Å²) in [6, 6.07) is 5.72. The van der Waals surface area contributed by atoms with Crippen LogP contribution in [0.3, 0.4) is 0 Å². The topological polar surface area (TPSA) is 113 Å². The van der Waals surface area contributed by atoms with Crippen molar-refractivity contribution in [2.75, 3.05) is 33.3 Å². The fourth-order valence-corrected chi connectivity index (χ4v) is 4.65. The highest BCUT2D eigenvalue weighted by molar-refractivity contribution is 5.97. The first-order valence-corrected chi connectivity index (χ1v) is 11.2. The van der Waals surface area contributed by atoms with Gasteiger partial charge in [-0.3, -0.25) is 19.2 Å². The molecule has 1 spiro atoms. The average Bonchev–Trinajstić information content (AvgIpc) is 3.21. The zero-order valence-electron chi connectivity index (χ0n) is 19.4. The molecule has 0 aliphatic carbocycles. The minimum Gasteiger partial charge on any atom is -0.467 e. The van der Waals surface area contributed by atoms with Gasteiger partial charge in [-0.2, -0.15) is 0 Å². The van der Waals surface area contributed by atoms with Crippen LogP contribution in [-0.2, 0) is 19.1 Å². The van der Waals surface area contributed by atoms with Crippen molar-refractivity contribution in [1.82, 2.24) is 15.1 Å². The lowest BCUT2D eigenvalue weighted by atomic mass is 9.77. The second kappa shape index (κ2) is 10.1. The van der Waals surface area contributed by atoms with Crippen molar-refractivity contribution in [3.63, 3.8) is 0 Å². The van der Waals surface area contributed by atoms with Crippen LogP contribution in [0.1, 0.15) is 60.2 Å². The van der Waals surface area contributed by atoms with Crippen LogP contribution in [0.15, 0.2) is 24.3 Å². The van der Waals surface area contributed by atoms with Crippen LogP contribution in [0.2, 0.25) is 0 Å². The number of methoxy groups -OCH3 is 1. The molecule has 33 heavy (non-hydrogen) atoms. The molecule has 1 unspecified atom stereocenters. The molecule has 1 atom stereocenters. The van der Waals surface area contributed by atoms with Gasteiger partial charge in [0.05, 0.1) is 13.5 Å². The van der Waals surface area contributed by atoms with E-state index in [-0.39, 0.29) is 29.4 Å². The number of piperidine rings is 1. The van der Waals surface area contributed by atoms with Gasteiger partial charge >= 0.3 is 5.97 Å². The number of nitrogens with zero attached hydrogens (tertiary/aromatic N) is 2. The Kier molecular flexibility index (Phi) is 7.50. The summed E-state index contributed by atoms with van der Waals surface area (Å²) in [6.07, 6.45) is 2.29. The van der Waals surface area contributed by atoms with Crippen LogP contribution in [0.4, 0.5) is 0 Å². The molecule has 2 saturated heterocycles. The predicted octanol–water partition coefficient (Wildman–Crippen LogP) is 1.41. The molecule has 2 aliphatic rings. The first-order valence-electron chi connectivity index (χ1n) is 11.2. The third kappa shape index (κ3) is 5.77. The molecule has 1 aromatic carbocycles. The molecule has 3 rings (SSSR count). The summed E-state index contributed by atoms with van der Waals surface area (Å²) in [5, 5.41) is 2.48. The Morgan fingerprint density at radius 3 is 2.00 bits per heavy atom. The quantitative estimate of drug-likeness (QED) is 0.511. The van der Waals surface area contributed by atoms with Gasteiger partial charge in [0, 0.05) is 44.2 Å². The van der Waals surface area contributed by atoms with Gasteiger partial charge in [-0.15, -0.1) is 0 Å². The Balaban J connectivity index is 1.55. The number of Topliss-reactive ketones (excluding diaryl/α,β-unsaturated/α-hetero) is 1. The number of rotatable bonds is 6. The number of likely N-dealkylation sites (tertiary alicyclic amines) is 2. The zero-order valence-corrected chi connectivity index (χ0v) is 19.4. The minimum absolute atomic E-state index is 0.0378. The maximum Gasteiger partial charge on any atom is 0.328 e. The number of hydrogen-bond acceptors (Lipinski definition) is 6. The van der Waals surface area contributed by atoms with Crippen molar-refractivity contribution >= 4 is 29.5 Å². The van der Waals surface area contributed by atoms with Crippen molar-refractivity contribution in [3.05, 3.63) is 35.4 Å². The minimum atomic E-state index is -0.995. The summed E-state index contributed by atoms with van der Waals surface area (Å²) in [5.41, 5.74) is 1.10. The highest BCUT2D eigenvalue weighted by Gasteiger charge is 2.43. The van der Waals surface area contributed by atoms with E-state index in [1.54, 1.807) is 29.2 Å². The SMILES string of the molecule is COC(=O)C(CC(=O)N1CCC2(CCN(C(=O)c3ccc(C(C)=O)cc3)CC2)C1)NC(C)=O. The number of nitrogens with one attached hydrogen (secondary N) is 1. The van der Waals surface area contributed by atoms with Gasteiger partial charge in [-0.05, 0) is 43.7 Å². The predicted molar refractivity (Wildman–Crippen MR) is 119 cm³/mol. The number of amides is 3. The monoisotopic (exact) mass is 457 g/mol. The Morgan fingerprint density at radius 1 is 0.939 bits per heavy atom. The van der Waals surface area contributed by atoms with Crippen molar-refractivity contribution in [2.24, 2.45) is 5.41 Å². The third-order valence-corrected chi connectivity index (χ3v) is 6.68. The van der Waals surface area contributed by atoms with Gasteiger partial charge in [-0.1, -0.05) is 12.1 Å². The molecule has 0 bridgehead atoms. The van der Waals surface area contributed by atoms with Gasteiger partial charge in [0.2, 0.25) is 11.8 Å². The Labute approximate surface area is 193 Å². The molecular weight excluding hydrogens is 426 g/mol. The van der Waals surface area contributed by atoms with E-state index in [4.69, 9.17) is 4.74 Å². The van der Waals surface area contributed by atoms with Gasteiger partial charge in [0.25, 0.3) is 5.91 Å². The summed E-state index contributed by atoms with van der Waals surface area (Å²) >= 11 is 0. The van der Waals surface area contributed by atoms with E-state index in [0.29, 0.717) is 37.3 Å². The molecule has 9 heteroatoms. The second-order valence-corrected chi connectivity index (χ2v) is 8.97. The first-order chi connectivity index (χ1) is 15.6. The molecule has 0 aromatic heterocycles. The summed E-state index contributed by atoms with van der Waals surface area (Å²) in [7, 11) is 1.22. The molecule has 1 aromatic rings. The number of ether oxygens (including phenoxy) is 1. The summed E-state index contributed by atoms with van der Waals surface area (Å²) in [6.45, 7) is 5.16. The van der Waals surface area contributed by atoms with Crippen LogP contribution < -0.4 is 5.32 Å². The van der Waals surface area contributed by atoms with Crippen molar-refractivity contribution in [3.8, 4) is 0 Å². The van der Waals surface area contributed by atoms with Crippen molar-refractivity contribution < 1.29 is 28.7 Å². The maximum atomic E-state index is 12.9. The molecule has 0 saturated carbocycles. The largest absolute Gasteiger partial charge is 0.467 e. The smallest absolute Gasteiger partial charge is 0.328 e. The van der Waals surface area contributed by atoms with Crippen LogP contribution in [0.5, 0.6) is 0 Å². The lowest BCUT2D eigenvalue weighted by molar-refractivity contribution is -0.147. The molecule has 0 radical (unpaired) electrons. The van der Waals surface area contributed by atoms with Gasteiger partial charge in [-0.25, -0.2) is 4.79 Å². The number of ketones is 1. The summed E-state index contributed by atoms with van der Waals surface area (Å²) in [4.78, 5) is 63.9. The van der Waals surface area contributed by atoms with Crippen molar-refractivity contribution in [2.45, 2.75) is 45.6 Å². The second-order valence-electron chi connectivity index (χ2n) is 8.97. The van der Waals surface area contributed by atoms with Crippen LogP contribution >= 0.6 is 0 Å². The highest BCUT2D eigenvalue weighted by Crippen LogP contribution is 2.40. The van der Waals surface area contributed by atoms with E-state index in [2.05, 4.69) is 5.32 Å². The number of hydrogen-bond donors (Lipinski definition) is 1. The van der Waals surface area contributed by atoms with E-state index in [9.17, 15) is 24.0 Å². The standard InChI is InChI=1S/C24H31N3O6/c1-16(28)18-4-6-19(7-5-18)22(31)26-11-8-24(9-12-26)10-13-27(15-24)21(30)14-20(23(32)33-3)25-17(2)29/h4-7,20H,8-15H2,1-3H3,(H,25,29). The third-order valence-electron chi connectivity index (χ3n) is 6.68. The fourth-order valence-electron chi connectivity index (χ4n) is 4.65. The van der Waals surface area contributed by atoms with Gasteiger partial charge in [0.15, 0.2) is 5.78 Å². The average molecular weight is 458 g/mol. The van der Waals surface area contributed by atoms with Gasteiger partial charge < -0.3 is 19.9 Å². The zero-order chi connectivity index (χ0) is 24.2. The Bertz CT molecular complexity index is 934. The molecule has 2 aliphatic heterocycles. The molecule has 2 heterocycles. The highest BCUT2D eigenvalue weighted by atomic mass is 16.5. The lowest BCUT2D eigenvalue weighted by Crippen LogP contribution is -2.46. The van der Waals surface area contributed by atoms with Crippen LogP contribution in [0.25, 0.3) is 0 Å². The van der Waals surface area contributed by atoms with E-state index in [0.717, 1.165) is 19.3 Å². The maximum absolute atomic E-state index is 12.9. The number of benzene rings is 1. The molecule has 2 fully saturated rings. The van der Waals surface area contributed by atoms with Crippen molar-refractivity contribution in [1.29, 1.82) is 0 Å². The van der Waals surface area contributed by atoms with E-state index >= 15 is 0 Å².